The zero-order valence-electron chi connectivity index (χ0n) is 13.9. The second kappa shape index (κ2) is 7.31. The number of aromatic hydroxyl groups is 1. The van der Waals surface area contributed by atoms with Crippen LogP contribution in [0.4, 0.5) is 0 Å². The van der Waals surface area contributed by atoms with Crippen molar-refractivity contribution in [2.75, 3.05) is 13.1 Å². The molecule has 0 radical (unpaired) electrons. The summed E-state index contributed by atoms with van der Waals surface area (Å²) < 4.78 is 0. The van der Waals surface area contributed by atoms with E-state index in [-0.39, 0.29) is 5.41 Å². The molecule has 1 N–H and O–H groups in total. The molecule has 2 rings (SSSR count). The SMILES string of the molecule is CCCCC(C)N1CCC(CC)(c2cccc(O)c2)CC1. The van der Waals surface area contributed by atoms with Crippen molar-refractivity contribution in [2.45, 2.75) is 70.8 Å². The minimum absolute atomic E-state index is 0.264. The number of phenolic OH excluding ortho intramolecular Hbond substituents is 1. The van der Waals surface area contributed by atoms with Gasteiger partial charge in [0, 0.05) is 6.04 Å². The van der Waals surface area contributed by atoms with Crippen molar-refractivity contribution in [1.29, 1.82) is 0 Å². The first kappa shape index (κ1) is 16.4. The fourth-order valence-electron chi connectivity index (χ4n) is 3.76. The highest BCUT2D eigenvalue weighted by Crippen LogP contribution is 2.40. The summed E-state index contributed by atoms with van der Waals surface area (Å²) in [4.78, 5) is 2.66. The van der Waals surface area contributed by atoms with Gasteiger partial charge in [0.2, 0.25) is 0 Å². The second-order valence-electron chi connectivity index (χ2n) is 6.71. The van der Waals surface area contributed by atoms with Gasteiger partial charge in [-0.05, 0) is 68.8 Å². The molecule has 1 aliphatic heterocycles. The van der Waals surface area contributed by atoms with E-state index >= 15 is 0 Å². The maximum absolute atomic E-state index is 9.78. The lowest BCUT2D eigenvalue weighted by Gasteiger charge is -2.44. The molecule has 1 atom stereocenters. The zero-order valence-corrected chi connectivity index (χ0v) is 13.9. The quantitative estimate of drug-likeness (QED) is 0.819. The summed E-state index contributed by atoms with van der Waals surface area (Å²) in [7, 11) is 0. The van der Waals surface area contributed by atoms with E-state index in [4.69, 9.17) is 0 Å². The van der Waals surface area contributed by atoms with Gasteiger partial charge in [0.15, 0.2) is 0 Å². The molecule has 21 heavy (non-hydrogen) atoms. The minimum atomic E-state index is 0.264. The molecule has 1 fully saturated rings. The molecule has 0 aromatic heterocycles. The Morgan fingerprint density at radius 1 is 1.24 bits per heavy atom. The number of nitrogens with zero attached hydrogens (tertiary/aromatic N) is 1. The van der Waals surface area contributed by atoms with Gasteiger partial charge in [-0.25, -0.2) is 0 Å². The highest BCUT2D eigenvalue weighted by molar-refractivity contribution is 5.33. The van der Waals surface area contributed by atoms with Crippen LogP contribution in [0, 0.1) is 0 Å². The summed E-state index contributed by atoms with van der Waals surface area (Å²) in [5.41, 5.74) is 1.59. The van der Waals surface area contributed by atoms with Gasteiger partial charge >= 0.3 is 0 Å². The number of piperidine rings is 1. The minimum Gasteiger partial charge on any atom is -0.508 e. The highest BCUT2D eigenvalue weighted by Gasteiger charge is 2.35. The standard InChI is InChI=1S/C19H31NO/c1-4-6-8-16(3)20-13-11-19(5-2,12-14-20)17-9-7-10-18(21)15-17/h7,9-10,15-16,21H,4-6,8,11-14H2,1-3H3. The Balaban J connectivity index is 2.02. The monoisotopic (exact) mass is 289 g/mol. The molecule has 0 amide bonds. The Morgan fingerprint density at radius 3 is 2.52 bits per heavy atom. The van der Waals surface area contributed by atoms with Crippen molar-refractivity contribution in [1.82, 2.24) is 4.90 Å². The molecule has 1 heterocycles. The smallest absolute Gasteiger partial charge is 0.115 e. The Labute approximate surface area is 130 Å². The molecule has 2 nitrogen and oxygen atoms in total. The van der Waals surface area contributed by atoms with Gasteiger partial charge < -0.3 is 10.0 Å². The topological polar surface area (TPSA) is 23.5 Å². The van der Waals surface area contributed by atoms with E-state index in [0.29, 0.717) is 11.8 Å². The van der Waals surface area contributed by atoms with Gasteiger partial charge in [0.1, 0.15) is 5.75 Å². The molecule has 1 aromatic rings. The molecule has 118 valence electrons. The maximum Gasteiger partial charge on any atom is 0.115 e. The van der Waals surface area contributed by atoms with Gasteiger partial charge in [0.05, 0.1) is 0 Å². The highest BCUT2D eigenvalue weighted by atomic mass is 16.3. The third-order valence-electron chi connectivity index (χ3n) is 5.49. The molecule has 2 heteroatoms. The Morgan fingerprint density at radius 2 is 1.95 bits per heavy atom. The van der Waals surface area contributed by atoms with Crippen LogP contribution in [0.1, 0.15) is 64.9 Å². The largest absolute Gasteiger partial charge is 0.508 e. The van der Waals surface area contributed by atoms with Crippen LogP contribution in [-0.2, 0) is 5.41 Å². The predicted molar refractivity (Wildman–Crippen MR) is 89.9 cm³/mol. The number of unbranched alkanes of at least 4 members (excludes halogenated alkanes) is 1. The molecule has 0 saturated carbocycles. The first-order valence-electron chi connectivity index (χ1n) is 8.65. The van der Waals surface area contributed by atoms with Crippen LogP contribution in [0.25, 0.3) is 0 Å². The molecule has 0 bridgehead atoms. The Bertz CT molecular complexity index is 435. The predicted octanol–water partition coefficient (Wildman–Crippen LogP) is 4.71. The molecular weight excluding hydrogens is 258 g/mol. The van der Waals surface area contributed by atoms with Crippen LogP contribution < -0.4 is 0 Å². The summed E-state index contributed by atoms with van der Waals surface area (Å²) in [6, 6.07) is 8.63. The summed E-state index contributed by atoms with van der Waals surface area (Å²) >= 11 is 0. The van der Waals surface area contributed by atoms with Crippen molar-refractivity contribution in [3.05, 3.63) is 29.8 Å². The van der Waals surface area contributed by atoms with Crippen LogP contribution in [0.5, 0.6) is 5.75 Å². The molecule has 1 saturated heterocycles. The third kappa shape index (κ3) is 3.79. The van der Waals surface area contributed by atoms with E-state index in [1.807, 2.05) is 12.1 Å². The van der Waals surface area contributed by atoms with Crippen molar-refractivity contribution >= 4 is 0 Å². The summed E-state index contributed by atoms with van der Waals surface area (Å²) in [5.74, 6) is 0.402. The van der Waals surface area contributed by atoms with E-state index < -0.39 is 0 Å². The van der Waals surface area contributed by atoms with Crippen LogP contribution in [0.15, 0.2) is 24.3 Å². The number of benzene rings is 1. The summed E-state index contributed by atoms with van der Waals surface area (Å²) in [6.45, 7) is 9.32. The lowest BCUT2D eigenvalue weighted by Crippen LogP contribution is -2.45. The average Bonchev–Trinajstić information content (AvgIpc) is 2.52. The van der Waals surface area contributed by atoms with Crippen LogP contribution in [0.2, 0.25) is 0 Å². The molecule has 0 aliphatic carbocycles. The Hall–Kier alpha value is -1.02. The number of phenols is 1. The zero-order chi connectivity index (χ0) is 15.3. The number of likely N-dealkylation sites (tertiary alicyclic amines) is 1. The van der Waals surface area contributed by atoms with Gasteiger partial charge in [-0.15, -0.1) is 0 Å². The van der Waals surface area contributed by atoms with Crippen molar-refractivity contribution in [3.63, 3.8) is 0 Å². The van der Waals surface area contributed by atoms with E-state index in [2.05, 4.69) is 31.7 Å². The van der Waals surface area contributed by atoms with Gasteiger partial charge in [0.25, 0.3) is 0 Å². The van der Waals surface area contributed by atoms with E-state index in [1.165, 1.54) is 50.8 Å². The van der Waals surface area contributed by atoms with Gasteiger partial charge in [-0.1, -0.05) is 38.8 Å². The second-order valence-corrected chi connectivity index (χ2v) is 6.71. The maximum atomic E-state index is 9.78. The third-order valence-corrected chi connectivity index (χ3v) is 5.49. The van der Waals surface area contributed by atoms with Crippen LogP contribution in [0.3, 0.4) is 0 Å². The van der Waals surface area contributed by atoms with Crippen LogP contribution in [-0.4, -0.2) is 29.1 Å². The summed E-state index contributed by atoms with van der Waals surface area (Å²) in [6.07, 6.45) is 7.53. The van der Waals surface area contributed by atoms with Gasteiger partial charge in [-0.2, -0.15) is 0 Å². The molecular formula is C19H31NO. The van der Waals surface area contributed by atoms with Crippen molar-refractivity contribution in [2.24, 2.45) is 0 Å². The average molecular weight is 289 g/mol. The number of hydrogen-bond donors (Lipinski definition) is 1. The van der Waals surface area contributed by atoms with Crippen LogP contribution >= 0.6 is 0 Å². The number of hydrogen-bond acceptors (Lipinski definition) is 2. The first-order valence-corrected chi connectivity index (χ1v) is 8.65. The lowest BCUT2D eigenvalue weighted by molar-refractivity contribution is 0.113. The van der Waals surface area contributed by atoms with E-state index in [9.17, 15) is 5.11 Å². The molecule has 1 aliphatic rings. The normalized spacial score (nSPS) is 20.3. The molecule has 0 spiro atoms. The van der Waals surface area contributed by atoms with Crippen molar-refractivity contribution in [3.8, 4) is 5.75 Å². The fourth-order valence-corrected chi connectivity index (χ4v) is 3.76. The lowest BCUT2D eigenvalue weighted by atomic mass is 9.70. The number of rotatable bonds is 6. The molecule has 1 unspecified atom stereocenters. The first-order chi connectivity index (χ1) is 10.1. The van der Waals surface area contributed by atoms with E-state index in [0.717, 1.165) is 6.42 Å². The fraction of sp³-hybridized carbons (Fsp3) is 0.684. The van der Waals surface area contributed by atoms with E-state index in [1.54, 1.807) is 6.07 Å². The Kier molecular flexibility index (Phi) is 5.69. The summed E-state index contributed by atoms with van der Waals surface area (Å²) in [5, 5.41) is 9.78. The van der Waals surface area contributed by atoms with Gasteiger partial charge in [-0.3, -0.25) is 0 Å². The van der Waals surface area contributed by atoms with Crippen molar-refractivity contribution < 1.29 is 5.11 Å². The molecule has 1 aromatic carbocycles.